The van der Waals surface area contributed by atoms with Crippen LogP contribution in [0.4, 0.5) is 13.2 Å². The van der Waals surface area contributed by atoms with Crippen LogP contribution in [0.2, 0.25) is 0 Å². The van der Waals surface area contributed by atoms with Crippen molar-refractivity contribution in [2.75, 3.05) is 6.61 Å². The molecule has 0 spiro atoms. The van der Waals surface area contributed by atoms with Crippen LogP contribution in [0.3, 0.4) is 0 Å². The molecule has 0 saturated heterocycles. The van der Waals surface area contributed by atoms with Crippen molar-refractivity contribution in [2.24, 2.45) is 5.73 Å². The lowest BCUT2D eigenvalue weighted by Crippen LogP contribution is -2.37. The van der Waals surface area contributed by atoms with E-state index < -0.39 is 24.6 Å². The summed E-state index contributed by atoms with van der Waals surface area (Å²) in [6, 6.07) is -1.95. The van der Waals surface area contributed by atoms with Gasteiger partial charge in [-0.1, -0.05) is 6.92 Å². The van der Waals surface area contributed by atoms with Crippen molar-refractivity contribution in [2.45, 2.75) is 38.4 Å². The summed E-state index contributed by atoms with van der Waals surface area (Å²) in [4.78, 5) is 10.8. The monoisotopic (exact) mass is 213 g/mol. The third kappa shape index (κ3) is 5.80. The number of alkyl halides is 3. The number of hydrogen-bond acceptors (Lipinski definition) is 3. The highest BCUT2D eigenvalue weighted by Crippen LogP contribution is 2.21. The van der Waals surface area contributed by atoms with E-state index in [9.17, 15) is 18.0 Å². The van der Waals surface area contributed by atoms with Gasteiger partial charge in [0.05, 0.1) is 6.61 Å². The van der Waals surface area contributed by atoms with Gasteiger partial charge in [-0.2, -0.15) is 13.2 Å². The summed E-state index contributed by atoms with van der Waals surface area (Å²) >= 11 is 0. The van der Waals surface area contributed by atoms with Gasteiger partial charge in [0.2, 0.25) is 0 Å². The van der Waals surface area contributed by atoms with Crippen LogP contribution < -0.4 is 5.73 Å². The van der Waals surface area contributed by atoms with E-state index in [2.05, 4.69) is 4.74 Å². The molecule has 0 heterocycles. The molecular weight excluding hydrogens is 199 g/mol. The molecule has 0 unspecified atom stereocenters. The SMILES string of the molecule is CCCOC(=O)CC[C@H](N)C(F)(F)F. The number of ether oxygens (including phenoxy) is 1. The van der Waals surface area contributed by atoms with E-state index in [1.54, 1.807) is 6.92 Å². The van der Waals surface area contributed by atoms with E-state index in [4.69, 9.17) is 5.73 Å². The van der Waals surface area contributed by atoms with E-state index in [-0.39, 0.29) is 13.0 Å². The van der Waals surface area contributed by atoms with Crippen LogP contribution in [-0.2, 0) is 9.53 Å². The fourth-order valence-electron chi connectivity index (χ4n) is 0.725. The highest BCUT2D eigenvalue weighted by Gasteiger charge is 2.36. The van der Waals surface area contributed by atoms with Crippen LogP contribution in [0.15, 0.2) is 0 Å². The number of carbonyl (C=O) groups is 1. The molecule has 0 aliphatic carbocycles. The molecule has 0 aliphatic rings. The first-order valence-electron chi connectivity index (χ1n) is 4.35. The Labute approximate surface area is 80.4 Å². The van der Waals surface area contributed by atoms with Crippen LogP contribution >= 0.6 is 0 Å². The van der Waals surface area contributed by atoms with E-state index in [1.807, 2.05) is 0 Å². The molecule has 0 rings (SSSR count). The Bertz CT molecular complexity index is 182. The Hall–Kier alpha value is -0.780. The van der Waals surface area contributed by atoms with Gasteiger partial charge >= 0.3 is 12.1 Å². The van der Waals surface area contributed by atoms with E-state index in [0.29, 0.717) is 6.42 Å². The average molecular weight is 213 g/mol. The molecule has 14 heavy (non-hydrogen) atoms. The molecule has 0 aromatic rings. The molecule has 6 heteroatoms. The second kappa shape index (κ2) is 5.85. The van der Waals surface area contributed by atoms with Crippen LogP contribution in [0.1, 0.15) is 26.2 Å². The highest BCUT2D eigenvalue weighted by molar-refractivity contribution is 5.69. The predicted molar refractivity (Wildman–Crippen MR) is 44.5 cm³/mol. The lowest BCUT2D eigenvalue weighted by atomic mass is 10.1. The topological polar surface area (TPSA) is 52.3 Å². The summed E-state index contributed by atoms with van der Waals surface area (Å²) in [6.45, 7) is 2.04. The summed E-state index contributed by atoms with van der Waals surface area (Å²) in [5.74, 6) is -0.633. The second-order valence-electron chi connectivity index (χ2n) is 2.91. The summed E-state index contributed by atoms with van der Waals surface area (Å²) in [7, 11) is 0. The molecule has 0 aromatic heterocycles. The van der Waals surface area contributed by atoms with Crippen LogP contribution in [-0.4, -0.2) is 24.8 Å². The number of nitrogens with two attached hydrogens (primary N) is 1. The number of hydrogen-bond donors (Lipinski definition) is 1. The lowest BCUT2D eigenvalue weighted by Gasteiger charge is -2.14. The molecule has 0 aliphatic heterocycles. The predicted octanol–water partition coefficient (Wildman–Crippen LogP) is 1.61. The van der Waals surface area contributed by atoms with Gasteiger partial charge in [0.25, 0.3) is 0 Å². The van der Waals surface area contributed by atoms with E-state index >= 15 is 0 Å². The quantitative estimate of drug-likeness (QED) is 0.706. The molecule has 0 bridgehead atoms. The minimum atomic E-state index is -4.44. The van der Waals surface area contributed by atoms with E-state index in [1.165, 1.54) is 0 Å². The average Bonchev–Trinajstić information content (AvgIpc) is 2.09. The van der Waals surface area contributed by atoms with Crippen molar-refractivity contribution in [3.63, 3.8) is 0 Å². The molecule has 0 fully saturated rings. The first-order chi connectivity index (χ1) is 6.38. The van der Waals surface area contributed by atoms with Crippen LogP contribution in [0.5, 0.6) is 0 Å². The zero-order valence-corrected chi connectivity index (χ0v) is 7.93. The standard InChI is InChI=1S/C8H14F3NO2/c1-2-5-14-7(13)4-3-6(12)8(9,10)11/h6H,2-5,12H2,1H3/t6-/m0/s1. The molecule has 2 N–H and O–H groups in total. The molecule has 0 saturated carbocycles. The van der Waals surface area contributed by atoms with Gasteiger partial charge < -0.3 is 10.5 Å². The van der Waals surface area contributed by atoms with E-state index in [0.717, 1.165) is 0 Å². The Morgan fingerprint density at radius 2 is 2.07 bits per heavy atom. The highest BCUT2D eigenvalue weighted by atomic mass is 19.4. The Morgan fingerprint density at radius 3 is 2.50 bits per heavy atom. The third-order valence-electron chi connectivity index (χ3n) is 1.55. The first-order valence-corrected chi connectivity index (χ1v) is 4.35. The van der Waals surface area contributed by atoms with Crippen molar-refractivity contribution in [1.82, 2.24) is 0 Å². The number of carbonyl (C=O) groups excluding carboxylic acids is 1. The number of halogens is 3. The molecular formula is C8H14F3NO2. The summed E-state index contributed by atoms with van der Waals surface area (Å²) in [5, 5.41) is 0. The number of esters is 1. The zero-order valence-electron chi connectivity index (χ0n) is 7.93. The van der Waals surface area contributed by atoms with Crippen molar-refractivity contribution < 1.29 is 22.7 Å². The molecule has 0 radical (unpaired) electrons. The molecule has 0 amide bonds. The van der Waals surface area contributed by atoms with Crippen LogP contribution in [0.25, 0.3) is 0 Å². The molecule has 0 aromatic carbocycles. The smallest absolute Gasteiger partial charge is 0.403 e. The minimum absolute atomic E-state index is 0.236. The maximum atomic E-state index is 11.9. The normalized spacial score (nSPS) is 13.8. The Balaban J connectivity index is 3.67. The van der Waals surface area contributed by atoms with Gasteiger partial charge in [-0.25, -0.2) is 0 Å². The van der Waals surface area contributed by atoms with Gasteiger partial charge in [-0.15, -0.1) is 0 Å². The largest absolute Gasteiger partial charge is 0.466 e. The van der Waals surface area contributed by atoms with Gasteiger partial charge in [-0.3, -0.25) is 4.79 Å². The summed E-state index contributed by atoms with van der Waals surface area (Å²) in [5.41, 5.74) is 4.79. The van der Waals surface area contributed by atoms with Gasteiger partial charge in [0.1, 0.15) is 6.04 Å². The molecule has 1 atom stereocenters. The zero-order chi connectivity index (χ0) is 11.2. The fraction of sp³-hybridized carbons (Fsp3) is 0.875. The maximum Gasteiger partial charge on any atom is 0.403 e. The molecule has 84 valence electrons. The fourth-order valence-corrected chi connectivity index (χ4v) is 0.725. The lowest BCUT2D eigenvalue weighted by molar-refractivity contribution is -0.154. The second-order valence-corrected chi connectivity index (χ2v) is 2.91. The Kier molecular flexibility index (Phi) is 5.52. The first kappa shape index (κ1) is 13.2. The maximum absolute atomic E-state index is 11.9. The van der Waals surface area contributed by atoms with Crippen molar-refractivity contribution in [3.05, 3.63) is 0 Å². The van der Waals surface area contributed by atoms with Gasteiger partial charge in [-0.05, 0) is 12.8 Å². The van der Waals surface area contributed by atoms with Crippen molar-refractivity contribution in [3.8, 4) is 0 Å². The van der Waals surface area contributed by atoms with Crippen LogP contribution in [0, 0.1) is 0 Å². The molecule has 3 nitrogen and oxygen atoms in total. The Morgan fingerprint density at radius 1 is 1.50 bits per heavy atom. The summed E-state index contributed by atoms with van der Waals surface area (Å²) < 4.78 is 40.2. The van der Waals surface area contributed by atoms with Gasteiger partial charge in [0, 0.05) is 6.42 Å². The number of rotatable bonds is 5. The minimum Gasteiger partial charge on any atom is -0.466 e. The van der Waals surface area contributed by atoms with Crippen molar-refractivity contribution in [1.29, 1.82) is 0 Å². The third-order valence-corrected chi connectivity index (χ3v) is 1.55. The van der Waals surface area contributed by atoms with Gasteiger partial charge in [0.15, 0.2) is 0 Å². The van der Waals surface area contributed by atoms with Crippen molar-refractivity contribution >= 4 is 5.97 Å². The summed E-state index contributed by atoms with van der Waals surface area (Å²) in [6.07, 6.45) is -4.51.